The van der Waals surface area contributed by atoms with Crippen LogP contribution in [0.1, 0.15) is 18.4 Å². The summed E-state index contributed by atoms with van der Waals surface area (Å²) >= 11 is 0.995. The summed E-state index contributed by atoms with van der Waals surface area (Å²) in [6, 6.07) is 12.7. The molecule has 0 radical (unpaired) electrons. The molecule has 3 heterocycles. The third-order valence-electron chi connectivity index (χ3n) is 5.84. The van der Waals surface area contributed by atoms with Gasteiger partial charge < -0.3 is 25.2 Å². The van der Waals surface area contributed by atoms with E-state index in [4.69, 9.17) is 15.2 Å². The topological polar surface area (TPSA) is 107 Å². The van der Waals surface area contributed by atoms with Gasteiger partial charge in [0.1, 0.15) is 17.6 Å². The first-order valence-corrected chi connectivity index (χ1v) is 13.6. The van der Waals surface area contributed by atoms with E-state index in [1.54, 1.807) is 43.5 Å². The molecule has 1 fully saturated rings. The number of hydrogen-bond donors (Lipinski definition) is 3. The Labute approximate surface area is 238 Å². The van der Waals surface area contributed by atoms with Gasteiger partial charge in [0, 0.05) is 30.8 Å². The van der Waals surface area contributed by atoms with E-state index >= 15 is 0 Å². The van der Waals surface area contributed by atoms with Crippen LogP contribution in [0.2, 0.25) is 0 Å². The Morgan fingerprint density at radius 3 is 2.63 bits per heavy atom. The molecule has 8 nitrogen and oxygen atoms in total. The van der Waals surface area contributed by atoms with Gasteiger partial charge in [-0.15, -0.1) is 0 Å². The molecule has 1 aliphatic rings. The van der Waals surface area contributed by atoms with Gasteiger partial charge in [0.15, 0.2) is 17.4 Å². The zero-order valence-electron chi connectivity index (χ0n) is 22.0. The van der Waals surface area contributed by atoms with E-state index in [-0.39, 0.29) is 11.8 Å². The maximum Gasteiger partial charge on any atom is 0.228 e. The molecular weight excluding hydrogens is 560 g/mol. The quantitative estimate of drug-likeness (QED) is 0.124. The van der Waals surface area contributed by atoms with Crippen LogP contribution in [-0.2, 0) is 5.75 Å². The first-order valence-electron chi connectivity index (χ1n) is 12.6. The third-order valence-corrected chi connectivity index (χ3v) is 6.66. The standard InChI is InChI=1S/C23H18F3N5O2S.C5H10FN/c1-32-14-5-2-4-13(10-14)12-34-31-21-16(24)11-18(19(25)20(21)26)33-22-15(6-3-8-28-22)17-7-9-29-23(27)30-17;6-5-2-1-3-7-4-5/h2-11,31H,12H2,1H3,(H2,27,29,30);5,7H,1-4H2. The summed E-state index contributed by atoms with van der Waals surface area (Å²) in [5.41, 5.74) is 6.53. The number of piperidine rings is 1. The lowest BCUT2D eigenvalue weighted by Gasteiger charge is -2.14. The number of nitrogens with two attached hydrogens (primary N) is 1. The number of pyridine rings is 1. The van der Waals surface area contributed by atoms with Crippen molar-refractivity contribution >= 4 is 23.6 Å². The first kappa shape index (κ1) is 29.9. The van der Waals surface area contributed by atoms with Gasteiger partial charge in [0.2, 0.25) is 17.6 Å². The highest BCUT2D eigenvalue weighted by Crippen LogP contribution is 2.36. The van der Waals surface area contributed by atoms with Crippen LogP contribution < -0.4 is 25.2 Å². The molecule has 2 aromatic heterocycles. The smallest absolute Gasteiger partial charge is 0.228 e. The number of benzene rings is 2. The van der Waals surface area contributed by atoms with Gasteiger partial charge in [-0.1, -0.05) is 12.1 Å². The maximum absolute atomic E-state index is 14.8. The average molecular weight is 589 g/mol. The molecule has 4 aromatic rings. The predicted molar refractivity (Wildman–Crippen MR) is 151 cm³/mol. The fourth-order valence-corrected chi connectivity index (χ4v) is 4.55. The number of aromatic nitrogens is 3. The molecule has 0 amide bonds. The Balaban J connectivity index is 0.000000483. The molecule has 2 aromatic carbocycles. The zero-order valence-corrected chi connectivity index (χ0v) is 22.9. The fraction of sp³-hybridized carbons (Fsp3) is 0.250. The molecule has 13 heteroatoms. The van der Waals surface area contributed by atoms with Crippen LogP contribution in [0.3, 0.4) is 0 Å². The van der Waals surface area contributed by atoms with Crippen molar-refractivity contribution in [2.24, 2.45) is 0 Å². The number of anilines is 2. The summed E-state index contributed by atoms with van der Waals surface area (Å²) in [5.74, 6) is -3.57. The minimum absolute atomic E-state index is 0.0115. The van der Waals surface area contributed by atoms with Gasteiger partial charge in [0.25, 0.3) is 0 Å². The van der Waals surface area contributed by atoms with Crippen molar-refractivity contribution in [1.82, 2.24) is 20.3 Å². The SMILES string of the molecule is COc1cccc(CSNc2c(F)cc(Oc3ncccc3-c3ccnc(N)n3)c(F)c2F)c1.FC1CCCNC1. The largest absolute Gasteiger partial charge is 0.497 e. The van der Waals surface area contributed by atoms with Gasteiger partial charge in [-0.3, -0.25) is 0 Å². The summed E-state index contributed by atoms with van der Waals surface area (Å²) in [6.07, 6.45) is 4.00. The highest BCUT2D eigenvalue weighted by Gasteiger charge is 2.22. The van der Waals surface area contributed by atoms with Gasteiger partial charge in [-0.05, 0) is 67.2 Å². The number of nitrogens with one attached hydrogen (secondary N) is 2. The fourth-order valence-electron chi connectivity index (χ4n) is 3.80. The second-order valence-corrected chi connectivity index (χ2v) is 9.59. The third kappa shape index (κ3) is 8.21. The highest BCUT2D eigenvalue weighted by molar-refractivity contribution is 7.99. The molecular formula is C28H28F4N6O2S. The number of alkyl halides is 1. The van der Waals surface area contributed by atoms with Crippen LogP contribution in [0, 0.1) is 17.5 Å². The summed E-state index contributed by atoms with van der Waals surface area (Å²) in [7, 11) is 1.54. The number of ether oxygens (including phenoxy) is 2. The molecule has 0 bridgehead atoms. The first-order chi connectivity index (χ1) is 19.9. The second-order valence-electron chi connectivity index (χ2n) is 8.80. The van der Waals surface area contributed by atoms with Crippen LogP contribution >= 0.6 is 11.9 Å². The van der Waals surface area contributed by atoms with Crippen molar-refractivity contribution < 1.29 is 27.0 Å². The normalized spacial score (nSPS) is 14.5. The molecule has 1 unspecified atom stereocenters. The number of nitrogens with zero attached hydrogens (tertiary/aromatic N) is 3. The van der Waals surface area contributed by atoms with E-state index in [1.807, 2.05) is 6.07 Å². The van der Waals surface area contributed by atoms with E-state index in [0.717, 1.165) is 43.0 Å². The van der Waals surface area contributed by atoms with Gasteiger partial charge in [-0.2, -0.15) is 4.39 Å². The summed E-state index contributed by atoms with van der Waals surface area (Å²) in [5, 5.41) is 2.96. The van der Waals surface area contributed by atoms with Crippen LogP contribution in [-0.4, -0.2) is 41.3 Å². The molecule has 41 heavy (non-hydrogen) atoms. The van der Waals surface area contributed by atoms with Crippen LogP contribution in [0.4, 0.5) is 29.2 Å². The molecule has 1 atom stereocenters. The summed E-state index contributed by atoms with van der Waals surface area (Å²) < 4.78 is 69.4. The van der Waals surface area contributed by atoms with E-state index < -0.39 is 35.1 Å². The van der Waals surface area contributed by atoms with Crippen molar-refractivity contribution in [1.29, 1.82) is 0 Å². The van der Waals surface area contributed by atoms with Crippen LogP contribution in [0.25, 0.3) is 11.3 Å². The molecule has 1 saturated heterocycles. The molecule has 5 rings (SSSR count). The highest BCUT2D eigenvalue weighted by atomic mass is 32.2. The van der Waals surface area contributed by atoms with E-state index in [9.17, 15) is 17.6 Å². The molecule has 4 N–H and O–H groups in total. The van der Waals surface area contributed by atoms with Crippen molar-refractivity contribution in [2.75, 3.05) is 30.7 Å². The Bertz CT molecular complexity index is 1460. The van der Waals surface area contributed by atoms with E-state index in [0.29, 0.717) is 29.3 Å². The zero-order chi connectivity index (χ0) is 29.2. The monoisotopic (exact) mass is 588 g/mol. The predicted octanol–water partition coefficient (Wildman–Crippen LogP) is 6.31. The Morgan fingerprint density at radius 1 is 1.07 bits per heavy atom. The summed E-state index contributed by atoms with van der Waals surface area (Å²) in [4.78, 5) is 11.9. The Morgan fingerprint density at radius 2 is 1.93 bits per heavy atom. The van der Waals surface area contributed by atoms with Gasteiger partial charge in [-0.25, -0.2) is 28.1 Å². The maximum atomic E-state index is 14.8. The van der Waals surface area contributed by atoms with Crippen molar-refractivity contribution in [3.63, 3.8) is 0 Å². The van der Waals surface area contributed by atoms with Crippen molar-refractivity contribution in [3.05, 3.63) is 83.9 Å². The molecule has 0 saturated carbocycles. The van der Waals surface area contributed by atoms with Crippen molar-refractivity contribution in [2.45, 2.75) is 24.8 Å². The Kier molecular flexibility index (Phi) is 10.6. The lowest BCUT2D eigenvalue weighted by Crippen LogP contribution is -2.30. The number of nitrogen functional groups attached to an aromatic ring is 1. The minimum Gasteiger partial charge on any atom is -0.497 e. The Hall–Kier alpha value is -4.10. The number of hydrogen-bond acceptors (Lipinski definition) is 9. The lowest BCUT2D eigenvalue weighted by atomic mass is 10.1. The van der Waals surface area contributed by atoms with Crippen LogP contribution in [0.5, 0.6) is 17.4 Å². The molecule has 0 spiro atoms. The van der Waals surface area contributed by atoms with Crippen LogP contribution in [0.15, 0.2) is 60.9 Å². The number of methoxy groups -OCH3 is 1. The minimum atomic E-state index is -1.42. The van der Waals surface area contributed by atoms with Crippen molar-refractivity contribution in [3.8, 4) is 28.6 Å². The van der Waals surface area contributed by atoms with E-state index in [1.165, 1.54) is 12.4 Å². The molecule has 216 valence electrons. The van der Waals surface area contributed by atoms with Gasteiger partial charge >= 0.3 is 0 Å². The number of halogens is 4. The summed E-state index contributed by atoms with van der Waals surface area (Å²) in [6.45, 7) is 1.57. The average Bonchev–Trinajstić information content (AvgIpc) is 2.98. The van der Waals surface area contributed by atoms with E-state index in [2.05, 4.69) is 25.0 Å². The molecule has 1 aliphatic heterocycles. The number of rotatable bonds is 8. The van der Waals surface area contributed by atoms with Gasteiger partial charge in [0.05, 0.1) is 18.4 Å². The molecule has 0 aliphatic carbocycles. The lowest BCUT2D eigenvalue weighted by molar-refractivity contribution is 0.266. The second kappa shape index (κ2) is 14.5.